The second kappa shape index (κ2) is 18.1. The van der Waals surface area contributed by atoms with E-state index in [9.17, 15) is 14.4 Å². The number of hydrogen-bond acceptors (Lipinski definition) is 8. The third-order valence-corrected chi connectivity index (χ3v) is 4.08. The van der Waals surface area contributed by atoms with Gasteiger partial charge in [-0.25, -0.2) is 4.79 Å². The maximum absolute atomic E-state index is 11.8. The van der Waals surface area contributed by atoms with E-state index >= 15 is 0 Å². The maximum Gasteiger partial charge on any atom is 0.328 e. The summed E-state index contributed by atoms with van der Waals surface area (Å²) in [7, 11) is 0. The highest BCUT2D eigenvalue weighted by Gasteiger charge is 2.20. The lowest BCUT2D eigenvalue weighted by atomic mass is 10.2. The van der Waals surface area contributed by atoms with Gasteiger partial charge in [0.05, 0.1) is 52.9 Å². The molecule has 10 heteroatoms. The summed E-state index contributed by atoms with van der Waals surface area (Å²) in [5, 5.41) is 4.50. The SMILES string of the molecule is [2H]C(=O)N[C@@H](C)C(=O)N[C@@H](C)C(=O)OCCOCCOCCOCCOCc1ccccc1. The zero-order chi connectivity index (χ0) is 24.3. The Labute approximate surface area is 190 Å². The second-order valence-electron chi connectivity index (χ2n) is 6.74. The molecular formula is C22H34N2O8. The molecule has 0 aromatic heterocycles. The van der Waals surface area contributed by atoms with Crippen LogP contribution < -0.4 is 10.6 Å². The number of carbonyl (C=O) groups excluding carboxylic acids is 3. The van der Waals surface area contributed by atoms with E-state index in [1.807, 2.05) is 30.3 Å². The number of hydrogen-bond donors (Lipinski definition) is 2. The molecule has 1 aromatic carbocycles. The van der Waals surface area contributed by atoms with Crippen LogP contribution in [0.2, 0.25) is 0 Å². The van der Waals surface area contributed by atoms with E-state index in [2.05, 4.69) is 10.6 Å². The van der Waals surface area contributed by atoms with Gasteiger partial charge in [-0.1, -0.05) is 30.3 Å². The van der Waals surface area contributed by atoms with Crippen molar-refractivity contribution in [2.45, 2.75) is 32.5 Å². The van der Waals surface area contributed by atoms with Gasteiger partial charge in [-0.05, 0) is 19.4 Å². The van der Waals surface area contributed by atoms with Gasteiger partial charge in [0, 0.05) is 0 Å². The highest BCUT2D eigenvalue weighted by atomic mass is 16.6. The molecule has 2 atom stereocenters. The van der Waals surface area contributed by atoms with Crippen molar-refractivity contribution in [3.05, 3.63) is 35.9 Å². The summed E-state index contributed by atoms with van der Waals surface area (Å²) in [6.07, 6.45) is -1.08. The van der Waals surface area contributed by atoms with E-state index in [-0.39, 0.29) is 13.2 Å². The number of rotatable bonds is 18. The zero-order valence-electron chi connectivity index (χ0n) is 19.7. The number of ether oxygens (including phenoxy) is 5. The van der Waals surface area contributed by atoms with Gasteiger partial charge in [-0.15, -0.1) is 0 Å². The van der Waals surface area contributed by atoms with Crippen molar-refractivity contribution in [2.24, 2.45) is 0 Å². The van der Waals surface area contributed by atoms with Crippen molar-refractivity contribution < 1.29 is 39.4 Å². The predicted molar refractivity (Wildman–Crippen MR) is 116 cm³/mol. The van der Waals surface area contributed by atoms with E-state index in [0.29, 0.717) is 46.2 Å². The summed E-state index contributed by atoms with van der Waals surface area (Å²) in [6, 6.07) is 8.11. The fourth-order valence-corrected chi connectivity index (χ4v) is 2.30. The number of carbonyl (C=O) groups is 3. The van der Waals surface area contributed by atoms with Crippen molar-refractivity contribution in [1.29, 1.82) is 0 Å². The molecule has 1 aromatic rings. The average Bonchev–Trinajstić information content (AvgIpc) is 2.79. The molecule has 0 unspecified atom stereocenters. The van der Waals surface area contributed by atoms with Crippen molar-refractivity contribution in [1.82, 2.24) is 10.6 Å². The van der Waals surface area contributed by atoms with Gasteiger partial charge >= 0.3 is 5.97 Å². The van der Waals surface area contributed by atoms with E-state index in [4.69, 9.17) is 25.1 Å². The first kappa shape index (κ1) is 25.7. The first-order valence-corrected chi connectivity index (χ1v) is 10.5. The molecule has 0 saturated heterocycles. The van der Waals surface area contributed by atoms with Gasteiger partial charge in [-0.2, -0.15) is 0 Å². The molecule has 32 heavy (non-hydrogen) atoms. The molecule has 0 aliphatic carbocycles. The lowest BCUT2D eigenvalue weighted by Gasteiger charge is -2.16. The molecule has 10 nitrogen and oxygen atoms in total. The third kappa shape index (κ3) is 13.7. The second-order valence-corrected chi connectivity index (χ2v) is 6.74. The van der Waals surface area contributed by atoms with Crippen LogP contribution in [0.1, 0.15) is 20.8 Å². The Kier molecular flexibility index (Phi) is 14.5. The minimum Gasteiger partial charge on any atom is -0.462 e. The van der Waals surface area contributed by atoms with Crippen LogP contribution >= 0.6 is 0 Å². The number of esters is 1. The summed E-state index contributed by atoms with van der Waals surface area (Å²) < 4.78 is 33.4. The lowest BCUT2D eigenvalue weighted by Crippen LogP contribution is -2.48. The molecule has 1 rings (SSSR count). The van der Waals surface area contributed by atoms with Crippen molar-refractivity contribution >= 4 is 18.3 Å². The molecule has 0 fully saturated rings. The smallest absolute Gasteiger partial charge is 0.328 e. The highest BCUT2D eigenvalue weighted by molar-refractivity contribution is 5.88. The summed E-state index contributed by atoms with van der Waals surface area (Å²) in [5.41, 5.74) is 1.12. The summed E-state index contributed by atoms with van der Waals surface area (Å²) in [4.78, 5) is 34.2. The Balaban J connectivity index is 1.88. The zero-order valence-corrected chi connectivity index (χ0v) is 18.7. The van der Waals surface area contributed by atoms with Crippen LogP contribution in [-0.4, -0.2) is 83.2 Å². The summed E-state index contributed by atoms with van der Waals surface area (Å²) >= 11 is 0. The van der Waals surface area contributed by atoms with Crippen LogP contribution in [0.3, 0.4) is 0 Å². The lowest BCUT2D eigenvalue weighted by molar-refractivity contribution is -0.149. The Morgan fingerprint density at radius 3 is 1.97 bits per heavy atom. The van der Waals surface area contributed by atoms with Gasteiger partial charge in [0.1, 0.15) is 20.1 Å². The van der Waals surface area contributed by atoms with Crippen LogP contribution in [0.15, 0.2) is 30.3 Å². The van der Waals surface area contributed by atoms with E-state index in [0.717, 1.165) is 5.56 Å². The molecule has 180 valence electrons. The van der Waals surface area contributed by atoms with E-state index in [1.165, 1.54) is 13.8 Å². The van der Waals surface area contributed by atoms with Crippen molar-refractivity contribution in [3.63, 3.8) is 0 Å². The standard InChI is InChI=1S/C22H34N2O8/c1-18(23-17-25)21(26)24-19(2)22(27)32-15-14-30-11-10-28-8-9-29-12-13-31-16-20-6-4-3-5-7-20/h3-7,17-19H,8-16H2,1-2H3,(H,23,25)(H,24,26)/t18-,19-/m0/s1/i17D. The fraction of sp³-hybridized carbons (Fsp3) is 0.591. The van der Waals surface area contributed by atoms with Gasteiger partial charge in [-0.3, -0.25) is 9.59 Å². The molecular weight excluding hydrogens is 420 g/mol. The molecule has 2 amide bonds. The Morgan fingerprint density at radius 1 is 0.875 bits per heavy atom. The minimum atomic E-state index is -1.08. The normalized spacial score (nSPS) is 13.0. The van der Waals surface area contributed by atoms with Crippen LogP contribution in [0.25, 0.3) is 0 Å². The maximum atomic E-state index is 11.8. The molecule has 2 N–H and O–H groups in total. The Morgan fingerprint density at radius 2 is 1.41 bits per heavy atom. The monoisotopic (exact) mass is 455 g/mol. The predicted octanol–water partition coefficient (Wildman–Crippen LogP) is 0.435. The molecule has 0 aliphatic heterocycles. The van der Waals surface area contributed by atoms with E-state index in [1.54, 1.807) is 0 Å². The van der Waals surface area contributed by atoms with Gasteiger partial charge in [0.15, 0.2) is 0 Å². The van der Waals surface area contributed by atoms with Gasteiger partial charge < -0.3 is 34.3 Å². The molecule has 0 saturated carbocycles. The summed E-state index contributed by atoms with van der Waals surface area (Å²) in [6.45, 7) is 6.28. The van der Waals surface area contributed by atoms with Gasteiger partial charge in [0.25, 0.3) is 0 Å². The number of nitrogens with one attached hydrogen (secondary N) is 2. The third-order valence-electron chi connectivity index (χ3n) is 4.08. The topological polar surface area (TPSA) is 121 Å². The quantitative estimate of drug-likeness (QED) is 0.186. The molecule has 0 aliphatic rings. The highest BCUT2D eigenvalue weighted by Crippen LogP contribution is 2.00. The summed E-state index contributed by atoms with van der Waals surface area (Å²) in [5.74, 6) is -1.21. The fourth-order valence-electron chi connectivity index (χ4n) is 2.30. The van der Waals surface area contributed by atoms with Crippen molar-refractivity contribution in [3.8, 4) is 0 Å². The van der Waals surface area contributed by atoms with Crippen LogP contribution in [0.4, 0.5) is 0 Å². The van der Waals surface area contributed by atoms with E-state index < -0.39 is 30.3 Å². The number of benzene rings is 1. The van der Waals surface area contributed by atoms with Crippen molar-refractivity contribution in [2.75, 3.05) is 52.9 Å². The van der Waals surface area contributed by atoms with Gasteiger partial charge in [0.2, 0.25) is 12.3 Å². The first-order valence-electron chi connectivity index (χ1n) is 11.0. The Bertz CT molecular complexity index is 692. The largest absolute Gasteiger partial charge is 0.462 e. The number of amides is 2. The minimum absolute atomic E-state index is 0.0319. The Hall–Kier alpha value is -2.53. The molecule has 0 bridgehead atoms. The molecule has 0 radical (unpaired) electrons. The van der Waals surface area contributed by atoms with Crippen LogP contribution in [0.5, 0.6) is 0 Å². The first-order chi connectivity index (χ1) is 15.9. The molecule has 0 heterocycles. The average molecular weight is 456 g/mol. The van der Waals surface area contributed by atoms with Crippen LogP contribution in [-0.2, 0) is 44.7 Å². The van der Waals surface area contributed by atoms with Crippen LogP contribution in [0, 0.1) is 0 Å². The molecule has 0 spiro atoms.